The number of carbonyl (C=O) groups excluding carboxylic acids is 2. The highest BCUT2D eigenvalue weighted by Gasteiger charge is 2.46. The van der Waals surface area contributed by atoms with E-state index in [1.165, 1.54) is 4.90 Å². The van der Waals surface area contributed by atoms with Crippen molar-refractivity contribution in [2.75, 3.05) is 39.4 Å². The first-order valence-electron chi connectivity index (χ1n) is 12.5. The number of likely N-dealkylation sites (tertiary alicyclic amines) is 1. The van der Waals surface area contributed by atoms with Gasteiger partial charge in [-0.15, -0.1) is 0 Å². The molecule has 37 heavy (non-hydrogen) atoms. The summed E-state index contributed by atoms with van der Waals surface area (Å²) in [6.07, 6.45) is 0.668. The normalized spacial score (nSPS) is 20.2. The number of benzene rings is 2. The number of ether oxygens (including phenoxy) is 2. The van der Waals surface area contributed by atoms with Gasteiger partial charge in [0.1, 0.15) is 11.5 Å². The molecule has 0 saturated carbocycles. The van der Waals surface area contributed by atoms with Gasteiger partial charge in [-0.05, 0) is 68.7 Å². The molecule has 4 rings (SSSR count). The lowest BCUT2D eigenvalue weighted by Gasteiger charge is -2.29. The maximum absolute atomic E-state index is 13.3. The highest BCUT2D eigenvalue weighted by atomic mass is 35.5. The molecule has 9 heteroatoms. The van der Waals surface area contributed by atoms with Gasteiger partial charge in [0.2, 0.25) is 0 Å². The molecule has 1 N–H and O–H groups in total. The average molecular weight is 547 g/mol. The van der Waals surface area contributed by atoms with E-state index in [9.17, 15) is 14.7 Å². The minimum Gasteiger partial charge on any atom is -0.507 e. The lowest BCUT2D eigenvalue weighted by Crippen LogP contribution is -2.38. The molecule has 2 aliphatic rings. The van der Waals surface area contributed by atoms with E-state index in [4.69, 9.17) is 32.7 Å². The molecule has 1 atom stereocenters. The summed E-state index contributed by atoms with van der Waals surface area (Å²) >= 11 is 12.5. The quantitative estimate of drug-likeness (QED) is 0.277. The number of hydrogen-bond donors (Lipinski definition) is 1. The summed E-state index contributed by atoms with van der Waals surface area (Å²) in [4.78, 5) is 30.3. The molecule has 2 aromatic carbocycles. The van der Waals surface area contributed by atoms with Gasteiger partial charge in [-0.2, -0.15) is 0 Å². The fraction of sp³-hybridized carbons (Fsp3) is 0.429. The second-order valence-electron chi connectivity index (χ2n) is 9.62. The van der Waals surface area contributed by atoms with Crippen LogP contribution < -0.4 is 4.74 Å². The van der Waals surface area contributed by atoms with E-state index in [0.29, 0.717) is 53.1 Å². The van der Waals surface area contributed by atoms with Crippen molar-refractivity contribution in [3.05, 3.63) is 68.7 Å². The van der Waals surface area contributed by atoms with Crippen molar-refractivity contribution in [1.29, 1.82) is 0 Å². The van der Waals surface area contributed by atoms with Crippen LogP contribution in [0.1, 0.15) is 43.0 Å². The van der Waals surface area contributed by atoms with E-state index in [2.05, 4.69) is 4.90 Å². The molecule has 0 unspecified atom stereocenters. The van der Waals surface area contributed by atoms with Crippen LogP contribution in [0.3, 0.4) is 0 Å². The van der Waals surface area contributed by atoms with Gasteiger partial charge in [0.25, 0.3) is 11.7 Å². The Kier molecular flexibility index (Phi) is 8.80. The van der Waals surface area contributed by atoms with Crippen LogP contribution in [0.15, 0.2) is 42.0 Å². The van der Waals surface area contributed by atoms with Crippen LogP contribution in [-0.2, 0) is 14.3 Å². The van der Waals surface area contributed by atoms with Gasteiger partial charge in [-0.1, -0.05) is 29.3 Å². The molecule has 0 bridgehead atoms. The van der Waals surface area contributed by atoms with Crippen LogP contribution in [0.2, 0.25) is 10.0 Å². The van der Waals surface area contributed by atoms with Gasteiger partial charge >= 0.3 is 0 Å². The van der Waals surface area contributed by atoms with Crippen molar-refractivity contribution < 1.29 is 24.2 Å². The summed E-state index contributed by atoms with van der Waals surface area (Å²) in [5.74, 6) is -0.906. The SMILES string of the molecule is Cc1cc(/C(O)=C2\C(=O)C(=O)N(CCCN3CCOCC3)[C@H]2c2ccc(Cl)c(Cl)c2)ccc1OC(C)C. The number of rotatable bonds is 8. The van der Waals surface area contributed by atoms with Gasteiger partial charge < -0.3 is 19.5 Å². The molecule has 198 valence electrons. The number of carbonyl (C=O) groups is 2. The maximum atomic E-state index is 13.3. The number of ketones is 1. The first-order chi connectivity index (χ1) is 17.7. The summed E-state index contributed by atoms with van der Waals surface area (Å²) in [7, 11) is 0. The monoisotopic (exact) mass is 546 g/mol. The molecule has 1 amide bonds. The largest absolute Gasteiger partial charge is 0.507 e. The third kappa shape index (κ3) is 6.12. The Morgan fingerprint density at radius 2 is 1.81 bits per heavy atom. The average Bonchev–Trinajstić information content (AvgIpc) is 3.12. The zero-order chi connectivity index (χ0) is 26.7. The molecule has 0 radical (unpaired) electrons. The third-order valence-electron chi connectivity index (χ3n) is 6.59. The standard InChI is InChI=1S/C28H32Cl2N2O5/c1-17(2)37-23-8-6-20(15-18(23)3)26(33)24-25(19-5-7-21(29)22(30)16-19)32(28(35)27(24)34)10-4-9-31-11-13-36-14-12-31/h5-8,15-17,25,33H,4,9-14H2,1-3H3/b26-24+/t25-/m0/s1. The van der Waals surface area contributed by atoms with E-state index < -0.39 is 17.7 Å². The Morgan fingerprint density at radius 3 is 2.46 bits per heavy atom. The summed E-state index contributed by atoms with van der Waals surface area (Å²) in [5.41, 5.74) is 1.89. The molecule has 2 aliphatic heterocycles. The molecule has 2 aromatic rings. The van der Waals surface area contributed by atoms with Crippen LogP contribution in [-0.4, -0.2) is 72.1 Å². The van der Waals surface area contributed by atoms with Crippen molar-refractivity contribution in [3.63, 3.8) is 0 Å². The van der Waals surface area contributed by atoms with Gasteiger partial charge in [0.15, 0.2) is 0 Å². The topological polar surface area (TPSA) is 79.3 Å². The molecule has 0 aliphatic carbocycles. The van der Waals surface area contributed by atoms with E-state index in [1.54, 1.807) is 36.4 Å². The summed E-state index contributed by atoms with van der Waals surface area (Å²) in [6, 6.07) is 9.44. The van der Waals surface area contributed by atoms with Crippen LogP contribution in [0, 0.1) is 6.92 Å². The second-order valence-corrected chi connectivity index (χ2v) is 10.4. The zero-order valence-electron chi connectivity index (χ0n) is 21.3. The second kappa shape index (κ2) is 11.9. The van der Waals surface area contributed by atoms with Gasteiger partial charge in [-0.3, -0.25) is 14.5 Å². The zero-order valence-corrected chi connectivity index (χ0v) is 22.8. The Morgan fingerprint density at radius 1 is 1.08 bits per heavy atom. The Balaban J connectivity index is 1.70. The van der Waals surface area contributed by atoms with Crippen molar-refractivity contribution in [3.8, 4) is 5.75 Å². The van der Waals surface area contributed by atoms with Gasteiger partial charge in [0, 0.05) is 31.7 Å². The predicted molar refractivity (Wildman–Crippen MR) is 144 cm³/mol. The Labute approximate surface area is 227 Å². The number of hydrogen-bond acceptors (Lipinski definition) is 6. The number of halogens is 2. The Bertz CT molecular complexity index is 1210. The van der Waals surface area contributed by atoms with E-state index in [0.717, 1.165) is 25.2 Å². The minimum absolute atomic E-state index is 0.00409. The lowest BCUT2D eigenvalue weighted by molar-refractivity contribution is -0.140. The van der Waals surface area contributed by atoms with Gasteiger partial charge in [-0.25, -0.2) is 0 Å². The Hall–Kier alpha value is -2.58. The summed E-state index contributed by atoms with van der Waals surface area (Å²) in [6.45, 7) is 9.92. The van der Waals surface area contributed by atoms with E-state index >= 15 is 0 Å². The molecule has 0 aromatic heterocycles. The van der Waals surface area contributed by atoms with Crippen LogP contribution in [0.4, 0.5) is 0 Å². The fourth-order valence-electron chi connectivity index (χ4n) is 4.77. The first kappa shape index (κ1) is 27.5. The summed E-state index contributed by atoms with van der Waals surface area (Å²) < 4.78 is 11.2. The van der Waals surface area contributed by atoms with E-state index in [-0.39, 0.29) is 17.4 Å². The van der Waals surface area contributed by atoms with Crippen LogP contribution in [0.25, 0.3) is 5.76 Å². The third-order valence-corrected chi connectivity index (χ3v) is 7.33. The molecule has 2 saturated heterocycles. The molecule has 2 heterocycles. The van der Waals surface area contributed by atoms with Crippen LogP contribution in [0.5, 0.6) is 5.75 Å². The predicted octanol–water partition coefficient (Wildman–Crippen LogP) is 5.23. The maximum Gasteiger partial charge on any atom is 0.295 e. The fourth-order valence-corrected chi connectivity index (χ4v) is 5.07. The van der Waals surface area contributed by atoms with Crippen molar-refractivity contribution in [1.82, 2.24) is 9.80 Å². The highest BCUT2D eigenvalue weighted by molar-refractivity contribution is 6.46. The number of morpholine rings is 1. The molecular weight excluding hydrogens is 515 g/mol. The molecule has 2 fully saturated rings. The number of aliphatic hydroxyl groups is 1. The van der Waals surface area contributed by atoms with Crippen LogP contribution >= 0.6 is 23.2 Å². The van der Waals surface area contributed by atoms with Crippen molar-refractivity contribution in [2.24, 2.45) is 0 Å². The molecule has 0 spiro atoms. The number of aliphatic hydroxyl groups excluding tert-OH is 1. The number of Topliss-reactive ketones (excluding diaryl/α,β-unsaturated/α-hetero) is 1. The summed E-state index contributed by atoms with van der Waals surface area (Å²) in [5, 5.41) is 12.0. The van der Waals surface area contributed by atoms with Gasteiger partial charge in [0.05, 0.1) is 41.0 Å². The van der Waals surface area contributed by atoms with Crippen molar-refractivity contribution >= 4 is 40.7 Å². The minimum atomic E-state index is -0.786. The van der Waals surface area contributed by atoms with Crippen molar-refractivity contribution in [2.45, 2.75) is 39.3 Å². The van der Waals surface area contributed by atoms with E-state index in [1.807, 2.05) is 20.8 Å². The first-order valence-corrected chi connectivity index (χ1v) is 13.2. The molecule has 7 nitrogen and oxygen atoms in total. The molecular formula is C28H32Cl2N2O5. The smallest absolute Gasteiger partial charge is 0.295 e. The number of aryl methyl sites for hydroxylation is 1. The number of amides is 1. The number of nitrogens with zero attached hydrogens (tertiary/aromatic N) is 2. The lowest BCUT2D eigenvalue weighted by atomic mass is 9.94. The highest BCUT2D eigenvalue weighted by Crippen LogP contribution is 2.41.